The van der Waals surface area contributed by atoms with Gasteiger partial charge in [-0.05, 0) is 0 Å². The number of amides is 1. The van der Waals surface area contributed by atoms with Gasteiger partial charge in [0, 0.05) is 19.2 Å². The maximum Gasteiger partial charge on any atom is 0.338 e. The maximum atomic E-state index is 12.1. The van der Waals surface area contributed by atoms with Gasteiger partial charge >= 0.3 is 5.97 Å². The van der Waals surface area contributed by atoms with Gasteiger partial charge in [0.15, 0.2) is 11.6 Å². The van der Waals surface area contributed by atoms with Crippen molar-refractivity contribution >= 4 is 11.9 Å². The highest BCUT2D eigenvalue weighted by Gasteiger charge is 2.25. The normalized spacial score (nSPS) is 14.2. The molecular formula is C11H10N4O4. The summed E-state index contributed by atoms with van der Waals surface area (Å²) in [4.78, 5) is 24.4. The van der Waals surface area contributed by atoms with E-state index in [1.54, 1.807) is 11.2 Å². The van der Waals surface area contributed by atoms with Gasteiger partial charge in [0.05, 0.1) is 12.1 Å². The van der Waals surface area contributed by atoms with Gasteiger partial charge in [-0.15, -0.1) is 10.2 Å². The maximum absolute atomic E-state index is 12.1. The molecule has 19 heavy (non-hydrogen) atoms. The molecule has 2 aromatic heterocycles. The van der Waals surface area contributed by atoms with Crippen LogP contribution in [0.4, 0.5) is 0 Å². The van der Waals surface area contributed by atoms with E-state index in [1.165, 1.54) is 6.07 Å². The van der Waals surface area contributed by atoms with E-state index in [1.807, 2.05) is 4.57 Å². The first-order valence-electron chi connectivity index (χ1n) is 5.63. The van der Waals surface area contributed by atoms with Gasteiger partial charge in [0.1, 0.15) is 12.6 Å². The van der Waals surface area contributed by atoms with Crippen molar-refractivity contribution in [2.75, 3.05) is 6.54 Å². The molecule has 3 rings (SSSR count). The van der Waals surface area contributed by atoms with E-state index >= 15 is 0 Å². The lowest BCUT2D eigenvalue weighted by molar-refractivity contribution is 0.0672. The highest BCUT2D eigenvalue weighted by molar-refractivity contribution is 5.95. The number of hydrogen-bond acceptors (Lipinski definition) is 5. The molecule has 0 saturated carbocycles. The van der Waals surface area contributed by atoms with E-state index in [-0.39, 0.29) is 17.2 Å². The summed E-state index contributed by atoms with van der Waals surface area (Å²) in [7, 11) is 0. The molecule has 1 amide bonds. The molecule has 0 fully saturated rings. The zero-order valence-electron chi connectivity index (χ0n) is 9.81. The largest absolute Gasteiger partial charge is 0.478 e. The molecule has 1 N–H and O–H groups in total. The van der Waals surface area contributed by atoms with Crippen molar-refractivity contribution in [2.24, 2.45) is 0 Å². The van der Waals surface area contributed by atoms with Crippen LogP contribution in [-0.4, -0.2) is 43.2 Å². The lowest BCUT2D eigenvalue weighted by Gasteiger charge is -2.26. The molecule has 0 aromatic carbocycles. The fourth-order valence-corrected chi connectivity index (χ4v) is 1.96. The molecule has 3 heterocycles. The van der Waals surface area contributed by atoms with E-state index in [0.717, 1.165) is 6.26 Å². The summed E-state index contributed by atoms with van der Waals surface area (Å²) >= 11 is 0. The number of aromatic nitrogens is 3. The molecule has 1 aliphatic rings. The summed E-state index contributed by atoms with van der Waals surface area (Å²) in [5.74, 6) is -0.752. The SMILES string of the molecule is O=C(O)c1coc(C(=O)N2CCn3cnnc3C2)c1. The van der Waals surface area contributed by atoms with Crippen LogP contribution in [0.1, 0.15) is 26.7 Å². The van der Waals surface area contributed by atoms with Crippen molar-refractivity contribution in [1.29, 1.82) is 0 Å². The first-order chi connectivity index (χ1) is 9.15. The Hall–Kier alpha value is -2.64. The Balaban J connectivity index is 1.79. The molecule has 0 unspecified atom stereocenters. The van der Waals surface area contributed by atoms with Gasteiger partial charge in [0.2, 0.25) is 0 Å². The van der Waals surface area contributed by atoms with E-state index in [9.17, 15) is 9.59 Å². The fraction of sp³-hybridized carbons (Fsp3) is 0.273. The van der Waals surface area contributed by atoms with Crippen molar-refractivity contribution in [3.63, 3.8) is 0 Å². The minimum Gasteiger partial charge on any atom is -0.478 e. The lowest BCUT2D eigenvalue weighted by Crippen LogP contribution is -2.38. The predicted molar refractivity (Wildman–Crippen MR) is 60.4 cm³/mol. The topological polar surface area (TPSA) is 101 Å². The molecule has 98 valence electrons. The number of furan rings is 1. The minimum absolute atomic E-state index is 0.0189. The van der Waals surface area contributed by atoms with Crippen molar-refractivity contribution in [3.8, 4) is 0 Å². The van der Waals surface area contributed by atoms with Crippen molar-refractivity contribution < 1.29 is 19.1 Å². The zero-order chi connectivity index (χ0) is 13.4. The van der Waals surface area contributed by atoms with Crippen LogP contribution in [0.2, 0.25) is 0 Å². The van der Waals surface area contributed by atoms with E-state index in [4.69, 9.17) is 9.52 Å². The molecule has 1 aliphatic heterocycles. The monoisotopic (exact) mass is 262 g/mol. The minimum atomic E-state index is -1.12. The zero-order valence-corrected chi connectivity index (χ0v) is 9.81. The predicted octanol–water partition coefficient (Wildman–Crippen LogP) is 0.225. The summed E-state index contributed by atoms with van der Waals surface area (Å²) < 4.78 is 6.87. The highest BCUT2D eigenvalue weighted by atomic mass is 16.4. The second-order valence-corrected chi connectivity index (χ2v) is 4.17. The molecule has 0 radical (unpaired) electrons. The van der Waals surface area contributed by atoms with Crippen molar-refractivity contribution in [2.45, 2.75) is 13.1 Å². The first-order valence-corrected chi connectivity index (χ1v) is 5.63. The number of nitrogens with zero attached hydrogens (tertiary/aromatic N) is 4. The van der Waals surface area contributed by atoms with Crippen LogP contribution < -0.4 is 0 Å². The number of carbonyl (C=O) groups excluding carboxylic acids is 1. The second-order valence-electron chi connectivity index (χ2n) is 4.17. The van der Waals surface area contributed by atoms with Crippen molar-refractivity contribution in [3.05, 3.63) is 35.8 Å². The van der Waals surface area contributed by atoms with Gasteiger partial charge in [0.25, 0.3) is 5.91 Å². The van der Waals surface area contributed by atoms with Crippen LogP contribution in [0.3, 0.4) is 0 Å². The van der Waals surface area contributed by atoms with Gasteiger partial charge in [-0.1, -0.05) is 0 Å². The van der Waals surface area contributed by atoms with E-state index in [2.05, 4.69) is 10.2 Å². The van der Waals surface area contributed by atoms with Gasteiger partial charge in [-0.3, -0.25) is 4.79 Å². The molecule has 0 spiro atoms. The van der Waals surface area contributed by atoms with Crippen LogP contribution >= 0.6 is 0 Å². The summed E-state index contributed by atoms with van der Waals surface area (Å²) in [6, 6.07) is 1.23. The van der Waals surface area contributed by atoms with Crippen LogP contribution in [-0.2, 0) is 13.1 Å². The average Bonchev–Trinajstić information content (AvgIpc) is 3.06. The number of carbonyl (C=O) groups is 2. The standard InChI is InChI=1S/C11H10N4O4/c16-10(8-3-7(5-19-8)11(17)18)14-1-2-15-6-12-13-9(15)4-14/h3,5-6H,1-2,4H2,(H,17,18). The van der Waals surface area contributed by atoms with E-state index < -0.39 is 5.97 Å². The Morgan fingerprint density at radius 3 is 2.95 bits per heavy atom. The number of fused-ring (bicyclic) bond motifs is 1. The van der Waals surface area contributed by atoms with Crippen LogP contribution in [0.15, 0.2) is 23.1 Å². The second kappa shape index (κ2) is 4.23. The third-order valence-electron chi connectivity index (χ3n) is 2.98. The Morgan fingerprint density at radius 1 is 1.37 bits per heavy atom. The third kappa shape index (κ3) is 1.96. The molecule has 0 bridgehead atoms. The smallest absolute Gasteiger partial charge is 0.338 e. The van der Waals surface area contributed by atoms with Gasteiger partial charge in [-0.25, -0.2) is 4.79 Å². The molecule has 8 heteroatoms. The van der Waals surface area contributed by atoms with Gasteiger partial charge < -0.3 is 19.0 Å². The Morgan fingerprint density at radius 2 is 2.21 bits per heavy atom. The van der Waals surface area contributed by atoms with Crippen molar-refractivity contribution in [1.82, 2.24) is 19.7 Å². The molecule has 8 nitrogen and oxygen atoms in total. The quantitative estimate of drug-likeness (QED) is 0.831. The summed E-state index contributed by atoms with van der Waals surface area (Å²) in [5, 5.41) is 16.5. The number of hydrogen-bond donors (Lipinski definition) is 1. The van der Waals surface area contributed by atoms with Crippen LogP contribution in [0, 0.1) is 0 Å². The number of carboxylic acid groups (broad SMARTS) is 1. The highest BCUT2D eigenvalue weighted by Crippen LogP contribution is 2.15. The molecule has 2 aromatic rings. The van der Waals surface area contributed by atoms with Crippen LogP contribution in [0.25, 0.3) is 0 Å². The Labute approximate surface area is 107 Å². The number of rotatable bonds is 2. The molecule has 0 aliphatic carbocycles. The summed E-state index contributed by atoms with van der Waals surface area (Å²) in [5.41, 5.74) is -0.0384. The Bertz CT molecular complexity index is 645. The number of carboxylic acids is 1. The lowest BCUT2D eigenvalue weighted by atomic mass is 10.2. The summed E-state index contributed by atoms with van der Waals surface area (Å²) in [6.45, 7) is 1.45. The van der Waals surface area contributed by atoms with Gasteiger partial charge in [-0.2, -0.15) is 0 Å². The molecular weight excluding hydrogens is 252 g/mol. The average molecular weight is 262 g/mol. The summed E-state index contributed by atoms with van der Waals surface area (Å²) in [6.07, 6.45) is 2.68. The third-order valence-corrected chi connectivity index (χ3v) is 2.98. The number of aromatic carboxylic acids is 1. The molecule has 0 saturated heterocycles. The molecule has 0 atom stereocenters. The van der Waals surface area contributed by atoms with Crippen LogP contribution in [0.5, 0.6) is 0 Å². The van der Waals surface area contributed by atoms with E-state index in [0.29, 0.717) is 25.5 Å². The Kier molecular flexibility index (Phi) is 2.55. The fourth-order valence-electron chi connectivity index (χ4n) is 1.96. The first kappa shape index (κ1) is 11.5.